The molecule has 1 amide bonds. The molecule has 2 aromatic rings. The van der Waals surface area contributed by atoms with E-state index in [0.29, 0.717) is 13.0 Å². The number of anilines is 1. The van der Waals surface area contributed by atoms with Crippen molar-refractivity contribution in [2.75, 3.05) is 12.3 Å². The van der Waals surface area contributed by atoms with Crippen LogP contribution >= 0.6 is 0 Å². The molecule has 0 aliphatic heterocycles. The summed E-state index contributed by atoms with van der Waals surface area (Å²) in [7, 11) is 0. The maximum Gasteiger partial charge on any atom is 0.253 e. The van der Waals surface area contributed by atoms with E-state index in [2.05, 4.69) is 15.3 Å². The van der Waals surface area contributed by atoms with Gasteiger partial charge in [0.05, 0.1) is 11.9 Å². The lowest BCUT2D eigenvalue weighted by atomic mass is 10.1. The molecule has 6 heteroatoms. The fraction of sp³-hybridized carbons (Fsp3) is 0.167. The summed E-state index contributed by atoms with van der Waals surface area (Å²) in [5, 5.41) is 2.67. The SMILES string of the molecule is Nc1ccc(F)cc1C(=O)NCCc1cnc[nH]1. The number of nitrogens with two attached hydrogens (primary N) is 1. The number of nitrogens with one attached hydrogen (secondary N) is 2. The van der Waals surface area contributed by atoms with Gasteiger partial charge in [0.2, 0.25) is 0 Å². The van der Waals surface area contributed by atoms with E-state index < -0.39 is 5.82 Å². The van der Waals surface area contributed by atoms with Gasteiger partial charge in [-0.05, 0) is 18.2 Å². The summed E-state index contributed by atoms with van der Waals surface area (Å²) in [6.07, 6.45) is 3.88. The van der Waals surface area contributed by atoms with Gasteiger partial charge in [-0.1, -0.05) is 0 Å². The van der Waals surface area contributed by atoms with Crippen LogP contribution in [-0.2, 0) is 6.42 Å². The van der Waals surface area contributed by atoms with Crippen molar-refractivity contribution in [3.8, 4) is 0 Å². The summed E-state index contributed by atoms with van der Waals surface area (Å²) in [6.45, 7) is 0.428. The van der Waals surface area contributed by atoms with Gasteiger partial charge in [-0.3, -0.25) is 4.79 Å². The standard InChI is InChI=1S/C12H13FN4O/c13-8-1-2-11(14)10(5-8)12(18)16-4-3-9-6-15-7-17-9/h1-2,5-7H,3-4,14H2,(H,15,17)(H,16,18). The number of carbonyl (C=O) groups is 1. The summed E-state index contributed by atoms with van der Waals surface area (Å²) in [4.78, 5) is 18.6. The van der Waals surface area contributed by atoms with Gasteiger partial charge in [-0.2, -0.15) is 0 Å². The fourth-order valence-electron chi connectivity index (χ4n) is 1.55. The first kappa shape index (κ1) is 12.1. The van der Waals surface area contributed by atoms with Crippen LogP contribution in [0.3, 0.4) is 0 Å². The number of nitrogens with zero attached hydrogens (tertiary/aromatic N) is 1. The van der Waals surface area contributed by atoms with Gasteiger partial charge in [0.1, 0.15) is 5.82 Å². The van der Waals surface area contributed by atoms with E-state index in [1.807, 2.05) is 0 Å². The highest BCUT2D eigenvalue weighted by Crippen LogP contribution is 2.12. The van der Waals surface area contributed by atoms with E-state index in [0.717, 1.165) is 11.8 Å². The van der Waals surface area contributed by atoms with Gasteiger partial charge in [0.25, 0.3) is 5.91 Å². The second-order valence-electron chi connectivity index (χ2n) is 3.81. The minimum Gasteiger partial charge on any atom is -0.398 e. The largest absolute Gasteiger partial charge is 0.398 e. The molecule has 0 aliphatic carbocycles. The predicted octanol–water partition coefficient (Wildman–Crippen LogP) is 1.10. The highest BCUT2D eigenvalue weighted by molar-refractivity contribution is 5.99. The molecular formula is C12H13FN4O. The number of hydrogen-bond acceptors (Lipinski definition) is 3. The third-order valence-corrected chi connectivity index (χ3v) is 2.49. The lowest BCUT2D eigenvalue weighted by molar-refractivity contribution is 0.0954. The Morgan fingerprint density at radius 1 is 1.50 bits per heavy atom. The Morgan fingerprint density at radius 2 is 2.33 bits per heavy atom. The van der Waals surface area contributed by atoms with Gasteiger partial charge in [0, 0.05) is 30.5 Å². The molecule has 1 heterocycles. The van der Waals surface area contributed by atoms with E-state index in [9.17, 15) is 9.18 Å². The highest BCUT2D eigenvalue weighted by atomic mass is 19.1. The van der Waals surface area contributed by atoms with Crippen LogP contribution in [-0.4, -0.2) is 22.4 Å². The number of benzene rings is 1. The number of aromatic amines is 1. The summed E-state index contributed by atoms with van der Waals surface area (Å²) in [5.41, 5.74) is 6.94. The molecule has 1 aromatic heterocycles. The molecule has 5 nitrogen and oxygen atoms in total. The summed E-state index contributed by atoms with van der Waals surface area (Å²) < 4.78 is 13.0. The second kappa shape index (κ2) is 5.31. The molecule has 0 radical (unpaired) electrons. The summed E-state index contributed by atoms with van der Waals surface area (Å²) in [6, 6.07) is 3.72. The molecular weight excluding hydrogens is 235 g/mol. The van der Waals surface area contributed by atoms with Gasteiger partial charge >= 0.3 is 0 Å². The van der Waals surface area contributed by atoms with E-state index in [1.165, 1.54) is 12.1 Å². The number of amides is 1. The molecule has 0 unspecified atom stereocenters. The van der Waals surface area contributed by atoms with Crippen LogP contribution in [0, 0.1) is 5.82 Å². The molecule has 0 bridgehead atoms. The van der Waals surface area contributed by atoms with E-state index in [-0.39, 0.29) is 17.2 Å². The van der Waals surface area contributed by atoms with E-state index in [1.54, 1.807) is 12.5 Å². The van der Waals surface area contributed by atoms with Gasteiger partial charge in [-0.25, -0.2) is 9.37 Å². The number of imidazole rings is 1. The second-order valence-corrected chi connectivity index (χ2v) is 3.81. The fourth-order valence-corrected chi connectivity index (χ4v) is 1.55. The number of aromatic nitrogens is 2. The molecule has 1 aromatic carbocycles. The van der Waals surface area contributed by atoms with Crippen molar-refractivity contribution in [3.63, 3.8) is 0 Å². The third-order valence-electron chi connectivity index (χ3n) is 2.49. The van der Waals surface area contributed by atoms with Crippen molar-refractivity contribution in [2.24, 2.45) is 0 Å². The van der Waals surface area contributed by atoms with Crippen LogP contribution < -0.4 is 11.1 Å². The first-order valence-electron chi connectivity index (χ1n) is 5.47. The number of carbonyl (C=O) groups excluding carboxylic acids is 1. The number of nitrogen functional groups attached to an aromatic ring is 1. The lowest BCUT2D eigenvalue weighted by Crippen LogP contribution is -2.26. The van der Waals surface area contributed by atoms with Gasteiger partial charge < -0.3 is 16.0 Å². The first-order chi connectivity index (χ1) is 8.66. The predicted molar refractivity (Wildman–Crippen MR) is 65.4 cm³/mol. The monoisotopic (exact) mass is 248 g/mol. The van der Waals surface area contributed by atoms with Crippen molar-refractivity contribution < 1.29 is 9.18 Å². The van der Waals surface area contributed by atoms with Gasteiger partial charge in [0.15, 0.2) is 0 Å². The molecule has 0 spiro atoms. The highest BCUT2D eigenvalue weighted by Gasteiger charge is 2.10. The number of rotatable bonds is 4. The molecule has 2 rings (SSSR count). The molecule has 0 saturated carbocycles. The van der Waals surface area contributed by atoms with Crippen molar-refractivity contribution in [1.82, 2.24) is 15.3 Å². The lowest BCUT2D eigenvalue weighted by Gasteiger charge is -2.07. The Labute approximate surface area is 103 Å². The van der Waals surface area contributed by atoms with Crippen molar-refractivity contribution in [2.45, 2.75) is 6.42 Å². The van der Waals surface area contributed by atoms with Crippen LogP contribution in [0.1, 0.15) is 16.1 Å². The zero-order valence-corrected chi connectivity index (χ0v) is 9.61. The average Bonchev–Trinajstić information content (AvgIpc) is 2.85. The molecule has 0 saturated heterocycles. The number of halogens is 1. The molecule has 94 valence electrons. The summed E-state index contributed by atoms with van der Waals surface area (Å²) >= 11 is 0. The molecule has 4 N–H and O–H groups in total. The molecule has 18 heavy (non-hydrogen) atoms. The third kappa shape index (κ3) is 2.85. The minimum absolute atomic E-state index is 0.152. The van der Waals surface area contributed by atoms with Crippen LogP contribution in [0.4, 0.5) is 10.1 Å². The topological polar surface area (TPSA) is 83.8 Å². The smallest absolute Gasteiger partial charge is 0.253 e. The van der Waals surface area contributed by atoms with Crippen molar-refractivity contribution in [1.29, 1.82) is 0 Å². The van der Waals surface area contributed by atoms with Crippen LogP contribution in [0.2, 0.25) is 0 Å². The average molecular weight is 248 g/mol. The van der Waals surface area contributed by atoms with Crippen LogP contribution in [0.5, 0.6) is 0 Å². The minimum atomic E-state index is -0.483. The Kier molecular flexibility index (Phi) is 3.57. The zero-order chi connectivity index (χ0) is 13.0. The van der Waals surface area contributed by atoms with Crippen LogP contribution in [0.25, 0.3) is 0 Å². The van der Waals surface area contributed by atoms with Crippen molar-refractivity contribution >= 4 is 11.6 Å². The zero-order valence-electron chi connectivity index (χ0n) is 9.61. The maximum atomic E-state index is 13.0. The maximum absolute atomic E-state index is 13.0. The Balaban J connectivity index is 1.93. The molecule has 0 aliphatic rings. The Hall–Kier alpha value is -2.37. The Morgan fingerprint density at radius 3 is 3.06 bits per heavy atom. The van der Waals surface area contributed by atoms with Gasteiger partial charge in [-0.15, -0.1) is 0 Å². The van der Waals surface area contributed by atoms with E-state index in [4.69, 9.17) is 5.73 Å². The molecule has 0 atom stereocenters. The normalized spacial score (nSPS) is 10.3. The number of H-pyrrole nitrogens is 1. The first-order valence-corrected chi connectivity index (χ1v) is 5.47. The Bertz CT molecular complexity index is 539. The van der Waals surface area contributed by atoms with Crippen LogP contribution in [0.15, 0.2) is 30.7 Å². The van der Waals surface area contributed by atoms with Crippen molar-refractivity contribution in [3.05, 3.63) is 47.8 Å². The number of hydrogen-bond donors (Lipinski definition) is 3. The summed E-state index contributed by atoms with van der Waals surface area (Å²) in [5.74, 6) is -0.866. The quantitative estimate of drug-likeness (QED) is 0.708. The van der Waals surface area contributed by atoms with E-state index >= 15 is 0 Å². The molecule has 0 fully saturated rings.